The lowest BCUT2D eigenvalue weighted by atomic mass is 10.1. The average Bonchev–Trinajstić information content (AvgIpc) is 2.78. The Morgan fingerprint density at radius 1 is 1.03 bits per heavy atom. The van der Waals surface area contributed by atoms with Crippen LogP contribution in [0.5, 0.6) is 0 Å². The molecule has 0 radical (unpaired) electrons. The summed E-state index contributed by atoms with van der Waals surface area (Å²) in [5.41, 5.74) is 7.76. The molecule has 0 atom stereocenters. The lowest BCUT2D eigenvalue weighted by molar-refractivity contribution is -0.117. The molecule has 0 saturated carbocycles. The van der Waals surface area contributed by atoms with Gasteiger partial charge in [0.05, 0.1) is 5.39 Å². The van der Waals surface area contributed by atoms with Gasteiger partial charge in [0, 0.05) is 18.0 Å². The number of fused-ring (bicyclic) bond motifs is 1. The molecule has 1 aromatic heterocycles. The first-order chi connectivity index (χ1) is 15.4. The minimum Gasteiger partial charge on any atom is -0.268 e. The van der Waals surface area contributed by atoms with Crippen LogP contribution in [-0.2, 0) is 11.3 Å². The topological polar surface area (TPSA) is 93.1 Å². The van der Waals surface area contributed by atoms with Gasteiger partial charge < -0.3 is 0 Å². The van der Waals surface area contributed by atoms with Gasteiger partial charge in [-0.15, -0.1) is 0 Å². The highest BCUT2D eigenvalue weighted by Crippen LogP contribution is 2.14. The number of amides is 2. The molecule has 2 amide bonds. The standard InChI is InChI=1S/C25H28N4O3/c1-4-5-8-15-29-25(32)21-10-7-6-9-20(21)23(28-29)24(31)27-26-22(30)14-13-19-12-11-17(2)16-18(19)3/h6-7,9-14,16H,4-5,8,15H2,1-3H3,(H,26,30)(H,27,31)/b14-13+. The van der Waals surface area contributed by atoms with Gasteiger partial charge in [0.15, 0.2) is 5.69 Å². The van der Waals surface area contributed by atoms with E-state index in [1.165, 1.54) is 10.8 Å². The molecule has 0 spiro atoms. The van der Waals surface area contributed by atoms with E-state index >= 15 is 0 Å². The van der Waals surface area contributed by atoms with Crippen molar-refractivity contribution in [2.75, 3.05) is 0 Å². The highest BCUT2D eigenvalue weighted by Gasteiger charge is 2.16. The van der Waals surface area contributed by atoms with Crippen LogP contribution in [0, 0.1) is 13.8 Å². The van der Waals surface area contributed by atoms with Crippen LogP contribution in [0.15, 0.2) is 53.3 Å². The summed E-state index contributed by atoms with van der Waals surface area (Å²) in [4.78, 5) is 37.7. The highest BCUT2D eigenvalue weighted by molar-refractivity contribution is 6.05. The van der Waals surface area contributed by atoms with E-state index in [0.717, 1.165) is 36.0 Å². The van der Waals surface area contributed by atoms with Crippen LogP contribution in [0.2, 0.25) is 0 Å². The first-order valence-corrected chi connectivity index (χ1v) is 10.8. The van der Waals surface area contributed by atoms with Gasteiger partial charge in [-0.25, -0.2) is 4.68 Å². The van der Waals surface area contributed by atoms with Gasteiger partial charge in [-0.3, -0.25) is 25.2 Å². The van der Waals surface area contributed by atoms with Crippen molar-refractivity contribution in [3.05, 3.63) is 81.3 Å². The van der Waals surface area contributed by atoms with E-state index in [2.05, 4.69) is 22.9 Å². The number of unbranched alkanes of at least 4 members (excludes halogenated alkanes) is 2. The Kier molecular flexibility index (Phi) is 7.54. The van der Waals surface area contributed by atoms with E-state index in [1.807, 2.05) is 32.0 Å². The number of aryl methyl sites for hydroxylation is 3. The second kappa shape index (κ2) is 10.5. The Morgan fingerprint density at radius 3 is 2.50 bits per heavy atom. The van der Waals surface area contributed by atoms with E-state index in [4.69, 9.17) is 0 Å². The summed E-state index contributed by atoms with van der Waals surface area (Å²) in [6, 6.07) is 12.8. The molecule has 166 valence electrons. The lowest BCUT2D eigenvalue weighted by Crippen LogP contribution is -2.42. The molecule has 0 aliphatic heterocycles. The highest BCUT2D eigenvalue weighted by atomic mass is 16.2. The number of aromatic nitrogens is 2. The zero-order chi connectivity index (χ0) is 23.1. The Labute approximate surface area is 187 Å². The van der Waals surface area contributed by atoms with Crippen LogP contribution in [0.4, 0.5) is 0 Å². The summed E-state index contributed by atoms with van der Waals surface area (Å²) >= 11 is 0. The van der Waals surface area contributed by atoms with Crippen molar-refractivity contribution < 1.29 is 9.59 Å². The number of nitrogens with zero attached hydrogens (tertiary/aromatic N) is 2. The Hall–Kier alpha value is -3.74. The molecule has 0 aliphatic rings. The summed E-state index contributed by atoms with van der Waals surface area (Å²) in [7, 11) is 0. The van der Waals surface area contributed by atoms with Crippen LogP contribution in [0.25, 0.3) is 16.8 Å². The van der Waals surface area contributed by atoms with Crippen molar-refractivity contribution in [3.8, 4) is 0 Å². The average molecular weight is 433 g/mol. The Morgan fingerprint density at radius 2 is 1.78 bits per heavy atom. The molecule has 3 rings (SSSR count). The van der Waals surface area contributed by atoms with E-state index in [9.17, 15) is 14.4 Å². The van der Waals surface area contributed by atoms with Crippen molar-refractivity contribution in [1.29, 1.82) is 0 Å². The Balaban J connectivity index is 1.76. The van der Waals surface area contributed by atoms with Crippen LogP contribution in [0.3, 0.4) is 0 Å². The predicted molar refractivity (Wildman–Crippen MR) is 126 cm³/mol. The normalized spacial score (nSPS) is 11.1. The molecule has 7 nitrogen and oxygen atoms in total. The van der Waals surface area contributed by atoms with Gasteiger partial charge >= 0.3 is 0 Å². The van der Waals surface area contributed by atoms with Crippen molar-refractivity contribution in [2.24, 2.45) is 0 Å². The largest absolute Gasteiger partial charge is 0.290 e. The smallest absolute Gasteiger partial charge is 0.268 e. The van der Waals surface area contributed by atoms with Crippen molar-refractivity contribution in [2.45, 2.75) is 46.6 Å². The summed E-state index contributed by atoms with van der Waals surface area (Å²) in [5, 5.41) is 5.15. The number of benzene rings is 2. The first kappa shape index (κ1) is 22.9. The summed E-state index contributed by atoms with van der Waals surface area (Å²) in [5.74, 6) is -1.06. The van der Waals surface area contributed by atoms with Crippen LogP contribution in [0.1, 0.15) is 53.4 Å². The zero-order valence-corrected chi connectivity index (χ0v) is 18.6. The second-order valence-electron chi connectivity index (χ2n) is 7.77. The maximum Gasteiger partial charge on any atom is 0.290 e. The molecule has 2 N–H and O–H groups in total. The molecular formula is C25H28N4O3. The minimum absolute atomic E-state index is 0.0929. The number of hydrazine groups is 1. The Bertz CT molecular complexity index is 1230. The SMILES string of the molecule is CCCCCn1nc(C(=O)NNC(=O)/C=C/c2ccc(C)cc2C)c2ccccc2c1=O. The summed E-state index contributed by atoms with van der Waals surface area (Å²) in [6.07, 6.45) is 5.82. The maximum atomic E-state index is 12.8. The van der Waals surface area contributed by atoms with E-state index in [0.29, 0.717) is 17.3 Å². The number of rotatable bonds is 7. The van der Waals surface area contributed by atoms with Crippen molar-refractivity contribution >= 4 is 28.7 Å². The molecule has 2 aromatic carbocycles. The fourth-order valence-electron chi connectivity index (χ4n) is 3.46. The van der Waals surface area contributed by atoms with Crippen molar-refractivity contribution in [1.82, 2.24) is 20.6 Å². The third-order valence-electron chi connectivity index (χ3n) is 5.20. The van der Waals surface area contributed by atoms with Gasteiger partial charge in [-0.2, -0.15) is 5.10 Å². The van der Waals surface area contributed by atoms with E-state index in [1.54, 1.807) is 30.3 Å². The van der Waals surface area contributed by atoms with Gasteiger partial charge in [-0.05, 0) is 43.5 Å². The molecule has 1 heterocycles. The number of carbonyl (C=O) groups is 2. The third kappa shape index (κ3) is 5.49. The maximum absolute atomic E-state index is 12.8. The summed E-state index contributed by atoms with van der Waals surface area (Å²) < 4.78 is 1.33. The first-order valence-electron chi connectivity index (χ1n) is 10.8. The van der Waals surface area contributed by atoms with Gasteiger partial charge in [0.2, 0.25) is 0 Å². The lowest BCUT2D eigenvalue weighted by Gasteiger charge is -2.11. The molecule has 0 bridgehead atoms. The zero-order valence-electron chi connectivity index (χ0n) is 18.6. The molecule has 0 saturated heterocycles. The fraction of sp³-hybridized carbons (Fsp3) is 0.280. The minimum atomic E-state index is -0.585. The van der Waals surface area contributed by atoms with Crippen LogP contribution < -0.4 is 16.4 Å². The number of nitrogens with one attached hydrogen (secondary N) is 2. The van der Waals surface area contributed by atoms with Crippen molar-refractivity contribution in [3.63, 3.8) is 0 Å². The quantitative estimate of drug-likeness (QED) is 0.338. The molecular weight excluding hydrogens is 404 g/mol. The number of hydrogen-bond donors (Lipinski definition) is 2. The number of carbonyl (C=O) groups excluding carboxylic acids is 2. The van der Waals surface area contributed by atoms with E-state index < -0.39 is 11.8 Å². The second-order valence-corrected chi connectivity index (χ2v) is 7.77. The predicted octanol–water partition coefficient (Wildman–Crippen LogP) is 3.68. The van der Waals surface area contributed by atoms with Crippen LogP contribution >= 0.6 is 0 Å². The molecule has 0 aliphatic carbocycles. The van der Waals surface area contributed by atoms with Crippen LogP contribution in [-0.4, -0.2) is 21.6 Å². The monoisotopic (exact) mass is 432 g/mol. The summed E-state index contributed by atoms with van der Waals surface area (Å²) in [6.45, 7) is 6.49. The van der Waals surface area contributed by atoms with E-state index in [-0.39, 0.29) is 11.3 Å². The molecule has 0 fully saturated rings. The molecule has 3 aromatic rings. The van der Waals surface area contributed by atoms with Gasteiger partial charge in [0.25, 0.3) is 17.4 Å². The van der Waals surface area contributed by atoms with Gasteiger partial charge in [-0.1, -0.05) is 61.7 Å². The molecule has 32 heavy (non-hydrogen) atoms. The number of hydrogen-bond acceptors (Lipinski definition) is 4. The fourth-order valence-corrected chi connectivity index (χ4v) is 3.46. The third-order valence-corrected chi connectivity index (χ3v) is 5.20. The van der Waals surface area contributed by atoms with Gasteiger partial charge in [0.1, 0.15) is 0 Å². The molecule has 7 heteroatoms. The molecule has 0 unspecified atom stereocenters.